The van der Waals surface area contributed by atoms with Crippen LogP contribution >= 0.6 is 0 Å². The van der Waals surface area contributed by atoms with Gasteiger partial charge in [-0.05, 0) is 44.0 Å². The molecule has 3 rings (SSSR count). The molecule has 1 fully saturated rings. The van der Waals surface area contributed by atoms with Gasteiger partial charge in [0.05, 0.1) is 11.4 Å². The second kappa shape index (κ2) is 9.70. The number of nitrogens with one attached hydrogen (secondary N) is 1. The maximum Gasteiger partial charge on any atom is 0.243 e. The van der Waals surface area contributed by atoms with E-state index in [4.69, 9.17) is 0 Å². The van der Waals surface area contributed by atoms with Gasteiger partial charge in [-0.25, -0.2) is 8.42 Å². The number of carbonyl (C=O) groups excluding carboxylic acids is 2. The summed E-state index contributed by atoms with van der Waals surface area (Å²) >= 11 is 0. The fourth-order valence-corrected chi connectivity index (χ4v) is 4.78. The fourth-order valence-electron chi connectivity index (χ4n) is 3.31. The van der Waals surface area contributed by atoms with E-state index < -0.39 is 10.0 Å². The number of rotatable bonds is 5. The predicted molar refractivity (Wildman–Crippen MR) is 114 cm³/mol. The van der Waals surface area contributed by atoms with Gasteiger partial charge in [0, 0.05) is 30.1 Å². The van der Waals surface area contributed by atoms with Crippen molar-refractivity contribution in [2.24, 2.45) is 5.92 Å². The normalized spacial score (nSPS) is 15.1. The van der Waals surface area contributed by atoms with Crippen molar-refractivity contribution in [3.8, 4) is 11.8 Å². The van der Waals surface area contributed by atoms with Crippen LogP contribution in [0.2, 0.25) is 0 Å². The zero-order valence-corrected chi connectivity index (χ0v) is 17.6. The highest BCUT2D eigenvalue weighted by Crippen LogP contribution is 2.24. The van der Waals surface area contributed by atoms with E-state index in [1.807, 2.05) is 30.3 Å². The third-order valence-corrected chi connectivity index (χ3v) is 6.99. The van der Waals surface area contributed by atoms with E-state index in [1.54, 1.807) is 0 Å². The molecule has 30 heavy (non-hydrogen) atoms. The Morgan fingerprint density at radius 3 is 2.27 bits per heavy atom. The number of sulfonamides is 1. The summed E-state index contributed by atoms with van der Waals surface area (Å²) in [6.45, 7) is 2.26. The highest BCUT2D eigenvalue weighted by molar-refractivity contribution is 7.89. The number of nitrogens with zero attached hydrogens (tertiary/aromatic N) is 1. The molecule has 1 heterocycles. The highest BCUT2D eigenvalue weighted by atomic mass is 32.2. The van der Waals surface area contributed by atoms with Gasteiger partial charge >= 0.3 is 0 Å². The molecule has 7 heteroatoms. The van der Waals surface area contributed by atoms with Crippen LogP contribution in [0.4, 0.5) is 0 Å². The van der Waals surface area contributed by atoms with E-state index >= 15 is 0 Å². The molecule has 0 aliphatic carbocycles. The van der Waals surface area contributed by atoms with Gasteiger partial charge < -0.3 is 5.32 Å². The minimum Gasteiger partial charge on any atom is -0.345 e. The summed E-state index contributed by atoms with van der Waals surface area (Å²) in [5, 5.41) is 2.81. The Bertz CT molecular complexity index is 1060. The van der Waals surface area contributed by atoms with Crippen LogP contribution in [0.3, 0.4) is 0 Å². The summed E-state index contributed by atoms with van der Waals surface area (Å²) in [5.41, 5.74) is 1.36. The first-order valence-electron chi connectivity index (χ1n) is 9.81. The molecule has 156 valence electrons. The van der Waals surface area contributed by atoms with Gasteiger partial charge in [-0.1, -0.05) is 42.2 Å². The van der Waals surface area contributed by atoms with Crippen LogP contribution in [0.25, 0.3) is 0 Å². The molecular formula is C23H24N2O4S. The quantitative estimate of drug-likeness (QED) is 0.590. The van der Waals surface area contributed by atoms with Crippen LogP contribution in [0.1, 0.15) is 35.7 Å². The van der Waals surface area contributed by atoms with Gasteiger partial charge in [0.1, 0.15) is 0 Å². The molecule has 1 aliphatic rings. The Hall–Kier alpha value is -2.95. The number of carbonyl (C=O) groups is 2. The van der Waals surface area contributed by atoms with E-state index in [0.717, 1.165) is 5.56 Å². The summed E-state index contributed by atoms with van der Waals surface area (Å²) in [4.78, 5) is 23.9. The lowest BCUT2D eigenvalue weighted by Crippen LogP contribution is -2.43. The second-order valence-electron chi connectivity index (χ2n) is 7.14. The first kappa shape index (κ1) is 21.8. The minimum atomic E-state index is -3.64. The van der Waals surface area contributed by atoms with E-state index in [1.165, 1.54) is 35.5 Å². The Morgan fingerprint density at radius 1 is 1.03 bits per heavy atom. The maximum absolute atomic E-state index is 12.8. The van der Waals surface area contributed by atoms with Crippen molar-refractivity contribution in [3.05, 3.63) is 65.7 Å². The average molecular weight is 425 g/mol. The standard InChI is InChI=1S/C23H24N2O4S/c1-18(26)20-9-11-22(12-10-20)30(28,29)25-16-13-21(14-17-25)23(27)24-15-5-8-19-6-3-2-4-7-19/h2-4,6-7,9-12,21H,13-17H2,1H3,(H,24,27). The summed E-state index contributed by atoms with van der Waals surface area (Å²) in [7, 11) is -3.64. The van der Waals surface area contributed by atoms with Gasteiger partial charge in [0.15, 0.2) is 5.78 Å². The zero-order valence-electron chi connectivity index (χ0n) is 16.8. The molecule has 1 aliphatic heterocycles. The lowest BCUT2D eigenvalue weighted by atomic mass is 9.97. The smallest absolute Gasteiger partial charge is 0.243 e. The first-order chi connectivity index (χ1) is 14.4. The Balaban J connectivity index is 1.51. The maximum atomic E-state index is 12.8. The number of ketones is 1. The van der Waals surface area contributed by atoms with Crippen molar-refractivity contribution in [1.82, 2.24) is 9.62 Å². The largest absolute Gasteiger partial charge is 0.345 e. The molecule has 1 amide bonds. The van der Waals surface area contributed by atoms with Crippen molar-refractivity contribution >= 4 is 21.7 Å². The van der Waals surface area contributed by atoms with Gasteiger partial charge in [-0.2, -0.15) is 4.31 Å². The Morgan fingerprint density at radius 2 is 1.67 bits per heavy atom. The molecule has 0 aromatic heterocycles. The highest BCUT2D eigenvalue weighted by Gasteiger charge is 2.31. The zero-order chi connectivity index (χ0) is 21.6. The molecule has 0 unspecified atom stereocenters. The monoisotopic (exact) mass is 424 g/mol. The molecule has 0 spiro atoms. The molecule has 1 saturated heterocycles. The Kier molecular flexibility index (Phi) is 7.03. The number of hydrogen-bond donors (Lipinski definition) is 1. The topological polar surface area (TPSA) is 83.6 Å². The summed E-state index contributed by atoms with van der Waals surface area (Å²) in [5.74, 6) is 5.48. The minimum absolute atomic E-state index is 0.0970. The lowest BCUT2D eigenvalue weighted by molar-refractivity contribution is -0.125. The lowest BCUT2D eigenvalue weighted by Gasteiger charge is -2.30. The molecule has 1 N–H and O–H groups in total. The van der Waals surface area contributed by atoms with E-state index in [0.29, 0.717) is 18.4 Å². The van der Waals surface area contributed by atoms with Crippen LogP contribution < -0.4 is 5.32 Å². The van der Waals surface area contributed by atoms with Crippen LogP contribution in [-0.4, -0.2) is 44.0 Å². The first-order valence-corrected chi connectivity index (χ1v) is 11.2. The van der Waals surface area contributed by atoms with Gasteiger partial charge in [0.2, 0.25) is 15.9 Å². The summed E-state index contributed by atoms with van der Waals surface area (Å²) < 4.78 is 27.0. The fraction of sp³-hybridized carbons (Fsp3) is 0.304. The molecule has 2 aromatic carbocycles. The van der Waals surface area contributed by atoms with E-state index in [9.17, 15) is 18.0 Å². The van der Waals surface area contributed by atoms with Crippen molar-refractivity contribution in [2.45, 2.75) is 24.7 Å². The third-order valence-electron chi connectivity index (χ3n) is 5.08. The van der Waals surface area contributed by atoms with Crippen LogP contribution in [0.5, 0.6) is 0 Å². The molecule has 0 bridgehead atoms. The number of Topliss-reactive ketones (excluding diaryl/α,β-unsaturated/α-hetero) is 1. The molecule has 2 aromatic rings. The van der Waals surface area contributed by atoms with Gasteiger partial charge in [-0.3, -0.25) is 9.59 Å². The van der Waals surface area contributed by atoms with Crippen molar-refractivity contribution < 1.29 is 18.0 Å². The molecule has 0 atom stereocenters. The SMILES string of the molecule is CC(=O)c1ccc(S(=O)(=O)N2CCC(C(=O)NCC#Cc3ccccc3)CC2)cc1. The van der Waals surface area contributed by atoms with E-state index in [2.05, 4.69) is 17.2 Å². The van der Waals surface area contributed by atoms with Crippen molar-refractivity contribution in [2.75, 3.05) is 19.6 Å². The number of piperidine rings is 1. The number of amides is 1. The Labute approximate surface area is 177 Å². The van der Waals surface area contributed by atoms with E-state index in [-0.39, 0.29) is 42.1 Å². The molecule has 0 radical (unpaired) electrons. The predicted octanol–water partition coefficient (Wildman–Crippen LogP) is 2.46. The van der Waals surface area contributed by atoms with Crippen LogP contribution in [0.15, 0.2) is 59.5 Å². The molecule has 0 saturated carbocycles. The van der Waals surface area contributed by atoms with Crippen LogP contribution in [0, 0.1) is 17.8 Å². The average Bonchev–Trinajstić information content (AvgIpc) is 2.77. The third kappa shape index (κ3) is 5.35. The van der Waals surface area contributed by atoms with Crippen molar-refractivity contribution in [3.63, 3.8) is 0 Å². The van der Waals surface area contributed by atoms with Crippen LogP contribution in [-0.2, 0) is 14.8 Å². The molecule has 6 nitrogen and oxygen atoms in total. The number of benzene rings is 2. The summed E-state index contributed by atoms with van der Waals surface area (Å²) in [6, 6.07) is 15.5. The van der Waals surface area contributed by atoms with Gasteiger partial charge in [0.25, 0.3) is 0 Å². The van der Waals surface area contributed by atoms with Crippen molar-refractivity contribution in [1.29, 1.82) is 0 Å². The van der Waals surface area contributed by atoms with Gasteiger partial charge in [-0.15, -0.1) is 0 Å². The summed E-state index contributed by atoms with van der Waals surface area (Å²) in [6.07, 6.45) is 0.922. The molecular weight excluding hydrogens is 400 g/mol. The number of hydrogen-bond acceptors (Lipinski definition) is 4. The second-order valence-corrected chi connectivity index (χ2v) is 9.08.